The first-order valence-corrected chi connectivity index (χ1v) is 12.5. The molecule has 4 N–H and O–H groups in total. The quantitative estimate of drug-likeness (QED) is 0.207. The molecule has 0 heterocycles. The van der Waals surface area contributed by atoms with E-state index in [1.807, 2.05) is 0 Å². The molecule has 26 heavy (non-hydrogen) atoms. The fourth-order valence-electron chi connectivity index (χ4n) is 2.61. The molecule has 0 bridgehead atoms. The van der Waals surface area contributed by atoms with Crippen LogP contribution in [-0.4, -0.2) is 30.6 Å². The van der Waals surface area contributed by atoms with E-state index >= 15 is 0 Å². The van der Waals surface area contributed by atoms with E-state index in [1.54, 1.807) is 0 Å². The zero-order chi connectivity index (χ0) is 20.1. The second-order valence-electron chi connectivity index (χ2n) is 6.62. The van der Waals surface area contributed by atoms with Crippen LogP contribution in [0.4, 0.5) is 0 Å². The number of rotatable bonds is 17. The molecule has 0 spiro atoms. The highest BCUT2D eigenvalue weighted by molar-refractivity contribution is 7.70. The van der Waals surface area contributed by atoms with Crippen LogP contribution in [-0.2, 0) is 18.7 Å². The topological polar surface area (TPSA) is 149 Å². The van der Waals surface area contributed by atoms with Crippen LogP contribution in [0, 0.1) is 0 Å². The van der Waals surface area contributed by atoms with Gasteiger partial charge in [0.25, 0.3) is 0 Å². The molecule has 8 nitrogen and oxygen atoms in total. The first kappa shape index (κ1) is 25.6. The van der Waals surface area contributed by atoms with Gasteiger partial charge in [0, 0.05) is 12.8 Å². The molecular formula is C16H32O8P2. The molecule has 0 saturated carbocycles. The van der Waals surface area contributed by atoms with Crippen molar-refractivity contribution in [3.63, 3.8) is 0 Å². The van der Waals surface area contributed by atoms with Crippen molar-refractivity contribution in [3.05, 3.63) is 0 Å². The van der Waals surface area contributed by atoms with E-state index in [4.69, 9.17) is 19.6 Å². The van der Waals surface area contributed by atoms with Crippen molar-refractivity contribution >= 4 is 26.2 Å². The molecule has 0 aromatic heterocycles. The van der Waals surface area contributed by atoms with Gasteiger partial charge in [-0.15, -0.1) is 0 Å². The van der Waals surface area contributed by atoms with Gasteiger partial charge < -0.3 is 19.6 Å². The Morgan fingerprint density at radius 2 is 0.654 bits per heavy atom. The van der Waals surface area contributed by atoms with Crippen LogP contribution < -0.4 is 0 Å². The van der Waals surface area contributed by atoms with E-state index < -0.39 is 26.2 Å². The summed E-state index contributed by atoms with van der Waals surface area (Å²) >= 11 is 0. The maximum absolute atomic E-state index is 11.0. The van der Waals surface area contributed by atoms with Crippen molar-refractivity contribution in [2.45, 2.75) is 89.9 Å². The summed E-state index contributed by atoms with van der Waals surface area (Å²) in [6.07, 6.45) is 11.0. The molecular weight excluding hydrogens is 382 g/mol. The maximum Gasteiger partial charge on any atom is 0.391 e. The van der Waals surface area contributed by atoms with Crippen molar-refractivity contribution in [1.82, 2.24) is 0 Å². The first-order chi connectivity index (χ1) is 12.0. The van der Waals surface area contributed by atoms with E-state index in [9.17, 15) is 18.7 Å². The van der Waals surface area contributed by atoms with Gasteiger partial charge in [0.05, 0.1) is 0 Å². The lowest BCUT2D eigenvalue weighted by Crippen LogP contribution is -1.98. The molecule has 0 fully saturated rings. The van der Waals surface area contributed by atoms with Crippen LogP contribution in [0.1, 0.15) is 89.9 Å². The Kier molecular flexibility index (Phi) is 13.6. The standard InChI is InChI=1S/C16H32O8P2/c17-15(25(19,20)21)13-11-9-7-5-3-1-2-4-6-8-10-12-14-16(18)26(22,23)24/h1-14H2,(H2,19,20,21)(H2,22,23,24). The lowest BCUT2D eigenvalue weighted by molar-refractivity contribution is -0.114. The third-order valence-electron chi connectivity index (χ3n) is 4.18. The summed E-state index contributed by atoms with van der Waals surface area (Å²) in [6, 6.07) is 0. The van der Waals surface area contributed by atoms with Crippen LogP contribution in [0.25, 0.3) is 0 Å². The summed E-state index contributed by atoms with van der Waals surface area (Å²) in [5.74, 6) is 0. The summed E-state index contributed by atoms with van der Waals surface area (Å²) in [5, 5.41) is 0. The number of carbonyl (C=O) groups is 2. The Bertz CT molecular complexity index is 462. The van der Waals surface area contributed by atoms with Gasteiger partial charge in [-0.1, -0.05) is 64.2 Å². The van der Waals surface area contributed by atoms with Crippen LogP contribution in [0.3, 0.4) is 0 Å². The fraction of sp³-hybridized carbons (Fsp3) is 0.875. The molecule has 10 heteroatoms. The fourth-order valence-corrected chi connectivity index (χ4v) is 3.51. The molecule has 0 aliphatic carbocycles. The van der Waals surface area contributed by atoms with Crippen molar-refractivity contribution in [3.8, 4) is 0 Å². The molecule has 0 aromatic carbocycles. The van der Waals surface area contributed by atoms with Gasteiger partial charge in [0.2, 0.25) is 11.0 Å². The van der Waals surface area contributed by atoms with Crippen molar-refractivity contribution in [2.75, 3.05) is 0 Å². The molecule has 0 radical (unpaired) electrons. The number of carbonyl (C=O) groups excluding carboxylic acids is 2. The minimum absolute atomic E-state index is 0.0516. The Hall–Kier alpha value is -0.360. The monoisotopic (exact) mass is 414 g/mol. The minimum Gasteiger partial charge on any atom is -0.319 e. The van der Waals surface area contributed by atoms with Crippen LogP contribution >= 0.6 is 15.2 Å². The number of hydrogen-bond donors (Lipinski definition) is 4. The van der Waals surface area contributed by atoms with Gasteiger partial charge in [0.15, 0.2) is 0 Å². The molecule has 0 aliphatic heterocycles. The van der Waals surface area contributed by atoms with Gasteiger partial charge in [-0.3, -0.25) is 18.7 Å². The average Bonchev–Trinajstić information content (AvgIpc) is 2.52. The van der Waals surface area contributed by atoms with E-state index in [2.05, 4.69) is 0 Å². The van der Waals surface area contributed by atoms with Crippen molar-refractivity contribution < 1.29 is 38.3 Å². The van der Waals surface area contributed by atoms with Crippen LogP contribution in [0.5, 0.6) is 0 Å². The summed E-state index contributed by atoms with van der Waals surface area (Å²) in [7, 11) is -9.09. The summed E-state index contributed by atoms with van der Waals surface area (Å²) in [6.45, 7) is 0. The van der Waals surface area contributed by atoms with Gasteiger partial charge in [0.1, 0.15) is 0 Å². The van der Waals surface area contributed by atoms with Gasteiger partial charge in [-0.25, -0.2) is 0 Å². The smallest absolute Gasteiger partial charge is 0.319 e. The highest BCUT2D eigenvalue weighted by Gasteiger charge is 2.24. The Labute approximate surface area is 155 Å². The first-order valence-electron chi connectivity index (χ1n) is 9.23. The predicted molar refractivity (Wildman–Crippen MR) is 98.7 cm³/mol. The summed E-state index contributed by atoms with van der Waals surface area (Å²) < 4.78 is 21.3. The molecule has 0 amide bonds. The lowest BCUT2D eigenvalue weighted by Gasteiger charge is -2.04. The predicted octanol–water partition coefficient (Wildman–Crippen LogP) is 3.86. The highest BCUT2D eigenvalue weighted by Crippen LogP contribution is 2.38. The molecule has 0 saturated heterocycles. The summed E-state index contributed by atoms with van der Waals surface area (Å²) in [4.78, 5) is 56.7. The molecule has 0 unspecified atom stereocenters. The second-order valence-corrected chi connectivity index (χ2v) is 9.79. The minimum atomic E-state index is -4.54. The van der Waals surface area contributed by atoms with E-state index in [-0.39, 0.29) is 12.8 Å². The van der Waals surface area contributed by atoms with E-state index in [0.717, 1.165) is 64.2 Å². The van der Waals surface area contributed by atoms with Crippen LogP contribution in [0.15, 0.2) is 0 Å². The molecule has 0 aromatic rings. The summed E-state index contributed by atoms with van der Waals surface area (Å²) in [5.41, 5.74) is -1.94. The molecule has 0 aliphatic rings. The molecule has 0 atom stereocenters. The largest absolute Gasteiger partial charge is 0.391 e. The Balaban J connectivity index is 3.30. The van der Waals surface area contributed by atoms with Crippen molar-refractivity contribution in [2.24, 2.45) is 0 Å². The zero-order valence-electron chi connectivity index (χ0n) is 15.2. The zero-order valence-corrected chi connectivity index (χ0v) is 17.0. The molecule has 154 valence electrons. The SMILES string of the molecule is O=C(CCCCCCCCCCCCCCC(=O)P(=O)(O)O)P(=O)(O)O. The lowest BCUT2D eigenvalue weighted by atomic mass is 10.0. The van der Waals surface area contributed by atoms with E-state index in [1.165, 1.54) is 0 Å². The number of unbranched alkanes of at least 4 members (excludes halogenated alkanes) is 11. The van der Waals surface area contributed by atoms with Gasteiger partial charge in [-0.2, -0.15) is 0 Å². The van der Waals surface area contributed by atoms with Crippen LogP contribution in [0.2, 0.25) is 0 Å². The Morgan fingerprint density at radius 1 is 0.462 bits per heavy atom. The molecule has 0 rings (SSSR count). The van der Waals surface area contributed by atoms with Crippen molar-refractivity contribution in [1.29, 1.82) is 0 Å². The van der Waals surface area contributed by atoms with Gasteiger partial charge >= 0.3 is 15.2 Å². The van der Waals surface area contributed by atoms with E-state index in [0.29, 0.717) is 12.8 Å². The normalized spacial score (nSPS) is 12.3. The third kappa shape index (κ3) is 14.8. The third-order valence-corrected chi connectivity index (χ3v) is 5.93. The van der Waals surface area contributed by atoms with Gasteiger partial charge in [-0.05, 0) is 12.8 Å². The average molecular weight is 414 g/mol. The second kappa shape index (κ2) is 13.8. The Morgan fingerprint density at radius 3 is 0.846 bits per heavy atom. The maximum atomic E-state index is 11.0. The highest BCUT2D eigenvalue weighted by atomic mass is 31.2. The number of hydrogen-bond acceptors (Lipinski definition) is 4.